The molecule has 0 aliphatic heterocycles. The second kappa shape index (κ2) is 9.76. The molecule has 0 radical (unpaired) electrons. The summed E-state index contributed by atoms with van der Waals surface area (Å²) in [6.07, 6.45) is 0.936. The normalized spacial score (nSPS) is 10.6. The van der Waals surface area contributed by atoms with E-state index in [-0.39, 0.29) is 11.8 Å². The van der Waals surface area contributed by atoms with Gasteiger partial charge in [0.1, 0.15) is 0 Å². The van der Waals surface area contributed by atoms with Crippen molar-refractivity contribution >= 4 is 11.8 Å². The van der Waals surface area contributed by atoms with Crippen molar-refractivity contribution in [3.05, 3.63) is 71.3 Å². The van der Waals surface area contributed by atoms with E-state index in [9.17, 15) is 9.59 Å². The van der Waals surface area contributed by atoms with Crippen molar-refractivity contribution in [2.45, 2.75) is 33.7 Å². The molecule has 2 rings (SSSR count). The van der Waals surface area contributed by atoms with Crippen LogP contribution in [0.3, 0.4) is 0 Å². The Kier molecular flexibility index (Phi) is 7.39. The minimum atomic E-state index is -0.133. The molecule has 2 aromatic carbocycles. The molecule has 0 fully saturated rings. The van der Waals surface area contributed by atoms with Gasteiger partial charge < -0.3 is 10.2 Å². The molecule has 0 saturated heterocycles. The molecule has 0 heterocycles. The molecule has 2 amide bonds. The molecular formula is C22H28N2O2. The molecule has 0 saturated carbocycles. The first-order chi connectivity index (χ1) is 12.5. The van der Waals surface area contributed by atoms with E-state index >= 15 is 0 Å². The number of amides is 2. The van der Waals surface area contributed by atoms with Crippen molar-refractivity contribution in [3.63, 3.8) is 0 Å². The van der Waals surface area contributed by atoms with Crippen LogP contribution >= 0.6 is 0 Å². The van der Waals surface area contributed by atoms with Crippen molar-refractivity contribution in [1.29, 1.82) is 0 Å². The van der Waals surface area contributed by atoms with Gasteiger partial charge in [0.15, 0.2) is 0 Å². The van der Waals surface area contributed by atoms with Gasteiger partial charge in [-0.2, -0.15) is 0 Å². The van der Waals surface area contributed by atoms with Crippen molar-refractivity contribution in [2.24, 2.45) is 5.92 Å². The number of carbonyl (C=O) groups excluding carboxylic acids is 2. The molecule has 0 bridgehead atoms. The lowest BCUT2D eigenvalue weighted by Gasteiger charge is -2.21. The van der Waals surface area contributed by atoms with Gasteiger partial charge >= 0.3 is 0 Å². The zero-order valence-electron chi connectivity index (χ0n) is 15.9. The Hall–Kier alpha value is -2.62. The zero-order chi connectivity index (χ0) is 18.9. The Morgan fingerprint density at radius 1 is 1.00 bits per heavy atom. The Morgan fingerprint density at radius 3 is 2.35 bits per heavy atom. The number of hydrogen-bond acceptors (Lipinski definition) is 2. The lowest BCUT2D eigenvalue weighted by molar-refractivity contribution is 0.0752. The van der Waals surface area contributed by atoms with Crippen LogP contribution in [-0.4, -0.2) is 29.8 Å². The van der Waals surface area contributed by atoms with Gasteiger partial charge in [-0.3, -0.25) is 9.59 Å². The van der Waals surface area contributed by atoms with Crippen LogP contribution in [0, 0.1) is 5.92 Å². The van der Waals surface area contributed by atoms with E-state index in [0.29, 0.717) is 36.7 Å². The zero-order valence-corrected chi connectivity index (χ0v) is 15.9. The highest BCUT2D eigenvalue weighted by Crippen LogP contribution is 2.12. The summed E-state index contributed by atoms with van der Waals surface area (Å²) in [5, 5.41) is 2.92. The van der Waals surface area contributed by atoms with E-state index < -0.39 is 0 Å². The highest BCUT2D eigenvalue weighted by atomic mass is 16.2. The number of rotatable bonds is 8. The van der Waals surface area contributed by atoms with Gasteiger partial charge in [0.2, 0.25) is 0 Å². The van der Waals surface area contributed by atoms with Crippen LogP contribution in [0.2, 0.25) is 0 Å². The summed E-state index contributed by atoms with van der Waals surface area (Å²) in [5.41, 5.74) is 2.15. The van der Waals surface area contributed by atoms with E-state index in [1.807, 2.05) is 37.3 Å². The molecule has 0 spiro atoms. The fraction of sp³-hybridized carbons (Fsp3) is 0.364. The van der Waals surface area contributed by atoms with Gasteiger partial charge in [0.25, 0.3) is 11.8 Å². The highest BCUT2D eigenvalue weighted by Gasteiger charge is 2.16. The molecule has 0 aromatic heterocycles. The monoisotopic (exact) mass is 352 g/mol. The van der Waals surface area contributed by atoms with Crippen LogP contribution in [-0.2, 0) is 6.54 Å². The first-order valence-corrected chi connectivity index (χ1v) is 9.22. The average Bonchev–Trinajstić information content (AvgIpc) is 2.66. The van der Waals surface area contributed by atoms with Crippen LogP contribution in [0.5, 0.6) is 0 Å². The fourth-order valence-corrected chi connectivity index (χ4v) is 2.68. The summed E-state index contributed by atoms with van der Waals surface area (Å²) < 4.78 is 0. The molecule has 4 nitrogen and oxygen atoms in total. The van der Waals surface area contributed by atoms with Crippen LogP contribution in [0.25, 0.3) is 0 Å². The molecule has 26 heavy (non-hydrogen) atoms. The molecule has 0 aliphatic rings. The molecule has 1 N–H and O–H groups in total. The number of hydrogen-bond donors (Lipinski definition) is 1. The Labute approximate surface area is 156 Å². The largest absolute Gasteiger partial charge is 0.352 e. The third-order valence-corrected chi connectivity index (χ3v) is 4.26. The third-order valence-electron chi connectivity index (χ3n) is 4.26. The minimum absolute atomic E-state index is 0.0619. The molecular weight excluding hydrogens is 324 g/mol. The second-order valence-corrected chi connectivity index (χ2v) is 6.82. The first kappa shape index (κ1) is 19.7. The smallest absolute Gasteiger partial charge is 0.254 e. The van der Waals surface area contributed by atoms with Gasteiger partial charge in [-0.1, -0.05) is 50.2 Å². The second-order valence-electron chi connectivity index (χ2n) is 6.82. The molecule has 138 valence electrons. The maximum atomic E-state index is 12.9. The summed E-state index contributed by atoms with van der Waals surface area (Å²) in [5.74, 6) is 0.346. The third kappa shape index (κ3) is 5.73. The maximum absolute atomic E-state index is 12.9. The van der Waals surface area contributed by atoms with Gasteiger partial charge in [-0.05, 0) is 43.0 Å². The number of nitrogens with one attached hydrogen (secondary N) is 1. The lowest BCUT2D eigenvalue weighted by Crippen LogP contribution is -2.31. The number of carbonyl (C=O) groups is 2. The van der Waals surface area contributed by atoms with E-state index in [1.54, 1.807) is 29.2 Å². The summed E-state index contributed by atoms with van der Waals surface area (Å²) in [4.78, 5) is 26.9. The molecule has 0 unspecified atom stereocenters. The molecule has 2 aromatic rings. The predicted molar refractivity (Wildman–Crippen MR) is 105 cm³/mol. The van der Waals surface area contributed by atoms with Crippen LogP contribution < -0.4 is 5.32 Å². The van der Waals surface area contributed by atoms with E-state index in [1.165, 1.54) is 0 Å². The Morgan fingerprint density at radius 2 is 1.69 bits per heavy atom. The minimum Gasteiger partial charge on any atom is -0.352 e. The summed E-state index contributed by atoms with van der Waals surface area (Å²) in [6.45, 7) is 8.02. The van der Waals surface area contributed by atoms with Crippen molar-refractivity contribution < 1.29 is 9.59 Å². The van der Waals surface area contributed by atoms with Crippen LogP contribution in [0.4, 0.5) is 0 Å². The summed E-state index contributed by atoms with van der Waals surface area (Å²) in [7, 11) is 0. The van der Waals surface area contributed by atoms with Crippen molar-refractivity contribution in [1.82, 2.24) is 10.2 Å². The highest BCUT2D eigenvalue weighted by molar-refractivity contribution is 5.99. The number of benzene rings is 2. The quantitative estimate of drug-likeness (QED) is 0.777. The van der Waals surface area contributed by atoms with Gasteiger partial charge in [-0.15, -0.1) is 0 Å². The predicted octanol–water partition coefficient (Wildman–Crippen LogP) is 4.12. The SMILES string of the molecule is CCN(Cc1ccccc1)C(=O)c1cccc(C(=O)NCCC(C)C)c1. The van der Waals surface area contributed by atoms with E-state index in [0.717, 1.165) is 12.0 Å². The summed E-state index contributed by atoms with van der Waals surface area (Å²) >= 11 is 0. The number of nitrogens with zero attached hydrogens (tertiary/aromatic N) is 1. The summed E-state index contributed by atoms with van der Waals surface area (Å²) in [6, 6.07) is 16.9. The first-order valence-electron chi connectivity index (χ1n) is 9.22. The topological polar surface area (TPSA) is 49.4 Å². The molecule has 0 aliphatic carbocycles. The van der Waals surface area contributed by atoms with E-state index in [2.05, 4.69) is 19.2 Å². The maximum Gasteiger partial charge on any atom is 0.254 e. The fourth-order valence-electron chi connectivity index (χ4n) is 2.68. The lowest BCUT2D eigenvalue weighted by atomic mass is 10.1. The Balaban J connectivity index is 2.07. The van der Waals surface area contributed by atoms with Gasteiger partial charge in [0.05, 0.1) is 0 Å². The van der Waals surface area contributed by atoms with Crippen molar-refractivity contribution in [3.8, 4) is 0 Å². The standard InChI is InChI=1S/C22H28N2O2/c1-4-24(16-18-9-6-5-7-10-18)22(26)20-12-8-11-19(15-20)21(25)23-14-13-17(2)3/h5-12,15,17H,4,13-14,16H2,1-3H3,(H,23,25). The van der Waals surface area contributed by atoms with E-state index in [4.69, 9.17) is 0 Å². The Bertz CT molecular complexity index is 726. The average molecular weight is 352 g/mol. The molecule has 4 heteroatoms. The van der Waals surface area contributed by atoms with Crippen LogP contribution in [0.15, 0.2) is 54.6 Å². The molecule has 0 atom stereocenters. The van der Waals surface area contributed by atoms with Gasteiger partial charge in [0, 0.05) is 30.8 Å². The van der Waals surface area contributed by atoms with Gasteiger partial charge in [-0.25, -0.2) is 0 Å². The van der Waals surface area contributed by atoms with Crippen LogP contribution in [0.1, 0.15) is 53.5 Å². The van der Waals surface area contributed by atoms with Crippen molar-refractivity contribution in [2.75, 3.05) is 13.1 Å².